The van der Waals surface area contributed by atoms with Gasteiger partial charge in [0.2, 0.25) is 5.78 Å². The van der Waals surface area contributed by atoms with Gasteiger partial charge in [0.15, 0.2) is 0 Å². The molecule has 0 amide bonds. The summed E-state index contributed by atoms with van der Waals surface area (Å²) in [6, 6.07) is 11.4. The van der Waals surface area contributed by atoms with E-state index in [-0.39, 0.29) is 5.78 Å². The Labute approximate surface area is 103 Å². The Kier molecular flexibility index (Phi) is 2.41. The average Bonchev–Trinajstić information content (AvgIpc) is 2.86. The van der Waals surface area contributed by atoms with Crippen LogP contribution in [0.3, 0.4) is 0 Å². The molecule has 0 aliphatic carbocycles. The van der Waals surface area contributed by atoms with E-state index in [9.17, 15) is 4.79 Å². The molecule has 0 saturated carbocycles. The summed E-state index contributed by atoms with van der Waals surface area (Å²) < 4.78 is 5.45. The molecule has 3 heteroatoms. The molecule has 1 aliphatic heterocycles. The second-order valence-corrected chi connectivity index (χ2v) is 4.97. The van der Waals surface area contributed by atoms with E-state index in [0.717, 1.165) is 26.9 Å². The fourth-order valence-electron chi connectivity index (χ4n) is 1.80. The summed E-state index contributed by atoms with van der Waals surface area (Å²) in [6.45, 7) is 1.89. The van der Waals surface area contributed by atoms with Gasteiger partial charge in [-0.3, -0.25) is 4.79 Å². The maximum Gasteiger partial charge on any atom is 0.200 e. The lowest BCUT2D eigenvalue weighted by molar-refractivity contribution is 0.104. The zero-order chi connectivity index (χ0) is 11.8. The third-order valence-electron chi connectivity index (χ3n) is 2.61. The first kappa shape index (κ1) is 10.4. The Morgan fingerprint density at radius 3 is 2.71 bits per heavy atom. The van der Waals surface area contributed by atoms with Gasteiger partial charge in [-0.25, -0.2) is 0 Å². The summed E-state index contributed by atoms with van der Waals surface area (Å²) in [5.41, 5.74) is 0.784. The average molecular weight is 242 g/mol. The standard InChI is InChI=1S/C14H10O2S/c1-9-6-7-10(16-9)8-13-14(15)11-4-2-3-5-12(11)17-13/h2-8H,1H3/b13-8+. The van der Waals surface area contributed by atoms with Crippen molar-refractivity contribution in [1.82, 2.24) is 0 Å². The van der Waals surface area contributed by atoms with Gasteiger partial charge in [0, 0.05) is 10.5 Å². The quantitative estimate of drug-likeness (QED) is 0.710. The van der Waals surface area contributed by atoms with Crippen molar-refractivity contribution in [1.29, 1.82) is 0 Å². The lowest BCUT2D eigenvalue weighted by Crippen LogP contribution is -1.93. The molecule has 84 valence electrons. The normalized spacial score (nSPS) is 16.5. The highest BCUT2D eigenvalue weighted by Crippen LogP contribution is 2.40. The largest absolute Gasteiger partial charge is 0.462 e. The SMILES string of the molecule is Cc1ccc(/C=C2/Sc3ccccc3C2=O)o1. The molecule has 0 bridgehead atoms. The number of benzene rings is 1. The van der Waals surface area contributed by atoms with Crippen LogP contribution in [0.25, 0.3) is 6.08 Å². The highest BCUT2D eigenvalue weighted by molar-refractivity contribution is 8.04. The van der Waals surface area contributed by atoms with Gasteiger partial charge in [-0.05, 0) is 37.3 Å². The van der Waals surface area contributed by atoms with Gasteiger partial charge in [-0.15, -0.1) is 0 Å². The monoisotopic (exact) mass is 242 g/mol. The number of furan rings is 1. The second-order valence-electron chi connectivity index (χ2n) is 3.88. The van der Waals surface area contributed by atoms with Crippen molar-refractivity contribution in [3.63, 3.8) is 0 Å². The topological polar surface area (TPSA) is 30.2 Å². The van der Waals surface area contributed by atoms with Crippen LogP contribution in [0.2, 0.25) is 0 Å². The van der Waals surface area contributed by atoms with Crippen LogP contribution in [0, 0.1) is 6.92 Å². The van der Waals surface area contributed by atoms with Gasteiger partial charge < -0.3 is 4.42 Å². The molecule has 2 aromatic rings. The summed E-state index contributed by atoms with van der Waals surface area (Å²) in [6.07, 6.45) is 1.81. The predicted molar refractivity (Wildman–Crippen MR) is 68.1 cm³/mol. The molecule has 0 saturated heterocycles. The molecule has 3 rings (SSSR count). The first-order valence-corrected chi connectivity index (χ1v) is 6.15. The second kappa shape index (κ2) is 3.93. The molecule has 2 heterocycles. The molecular weight excluding hydrogens is 232 g/mol. The summed E-state index contributed by atoms with van der Waals surface area (Å²) in [5.74, 6) is 1.66. The number of Topliss-reactive ketones (excluding diaryl/α,β-unsaturated/α-hetero) is 1. The fraction of sp³-hybridized carbons (Fsp3) is 0.0714. The lowest BCUT2D eigenvalue weighted by Gasteiger charge is -1.91. The van der Waals surface area contributed by atoms with Gasteiger partial charge in [0.25, 0.3) is 0 Å². The molecule has 0 spiro atoms. The van der Waals surface area contributed by atoms with Crippen LogP contribution in [0.4, 0.5) is 0 Å². The molecule has 0 N–H and O–H groups in total. The number of fused-ring (bicyclic) bond motifs is 1. The maximum absolute atomic E-state index is 12.1. The molecule has 0 radical (unpaired) electrons. The number of hydrogen-bond donors (Lipinski definition) is 0. The molecule has 0 fully saturated rings. The Morgan fingerprint density at radius 1 is 1.18 bits per heavy atom. The third kappa shape index (κ3) is 1.83. The van der Waals surface area contributed by atoms with E-state index in [1.807, 2.05) is 43.3 Å². The smallest absolute Gasteiger partial charge is 0.200 e. The van der Waals surface area contributed by atoms with Crippen LogP contribution in [0.1, 0.15) is 21.9 Å². The zero-order valence-corrected chi connectivity index (χ0v) is 10.1. The van der Waals surface area contributed by atoms with E-state index in [0.29, 0.717) is 0 Å². The fourth-order valence-corrected chi connectivity index (χ4v) is 2.83. The number of carbonyl (C=O) groups is 1. The van der Waals surface area contributed by atoms with Crippen LogP contribution in [0.5, 0.6) is 0 Å². The van der Waals surface area contributed by atoms with Crippen molar-refractivity contribution < 1.29 is 9.21 Å². The van der Waals surface area contributed by atoms with Crippen LogP contribution < -0.4 is 0 Å². The van der Waals surface area contributed by atoms with Crippen molar-refractivity contribution in [3.8, 4) is 0 Å². The van der Waals surface area contributed by atoms with Gasteiger partial charge >= 0.3 is 0 Å². The van der Waals surface area contributed by atoms with Gasteiger partial charge in [-0.2, -0.15) is 0 Å². The van der Waals surface area contributed by atoms with Crippen molar-refractivity contribution in [2.75, 3.05) is 0 Å². The van der Waals surface area contributed by atoms with E-state index in [2.05, 4.69) is 0 Å². The van der Waals surface area contributed by atoms with Crippen molar-refractivity contribution in [2.24, 2.45) is 0 Å². The Morgan fingerprint density at radius 2 is 2.00 bits per heavy atom. The van der Waals surface area contributed by atoms with Gasteiger partial charge in [-0.1, -0.05) is 23.9 Å². The van der Waals surface area contributed by atoms with Gasteiger partial charge in [0.1, 0.15) is 11.5 Å². The molecule has 2 nitrogen and oxygen atoms in total. The summed E-state index contributed by atoms with van der Waals surface area (Å²) in [4.78, 5) is 13.8. The number of aryl methyl sites for hydroxylation is 1. The van der Waals surface area contributed by atoms with Crippen molar-refractivity contribution in [2.45, 2.75) is 11.8 Å². The number of allylic oxidation sites excluding steroid dienone is 1. The van der Waals surface area contributed by atoms with Crippen LogP contribution >= 0.6 is 11.8 Å². The van der Waals surface area contributed by atoms with Crippen molar-refractivity contribution >= 4 is 23.6 Å². The van der Waals surface area contributed by atoms with E-state index >= 15 is 0 Å². The molecule has 0 atom stereocenters. The number of carbonyl (C=O) groups excluding carboxylic acids is 1. The molecule has 1 aromatic heterocycles. The van der Waals surface area contributed by atoms with E-state index in [1.54, 1.807) is 6.08 Å². The number of rotatable bonds is 1. The molecule has 1 aromatic carbocycles. The minimum Gasteiger partial charge on any atom is -0.462 e. The maximum atomic E-state index is 12.1. The van der Waals surface area contributed by atoms with Crippen molar-refractivity contribution in [3.05, 3.63) is 58.4 Å². The zero-order valence-electron chi connectivity index (χ0n) is 9.27. The minimum atomic E-state index is 0.0830. The van der Waals surface area contributed by atoms with E-state index in [4.69, 9.17) is 4.42 Å². The lowest BCUT2D eigenvalue weighted by atomic mass is 10.1. The van der Waals surface area contributed by atoms with Crippen LogP contribution in [-0.4, -0.2) is 5.78 Å². The molecule has 1 aliphatic rings. The van der Waals surface area contributed by atoms with Crippen LogP contribution in [0.15, 0.2) is 50.6 Å². The minimum absolute atomic E-state index is 0.0830. The first-order chi connectivity index (χ1) is 8.24. The summed E-state index contributed by atoms with van der Waals surface area (Å²) in [5, 5.41) is 0. The van der Waals surface area contributed by atoms with Crippen LogP contribution in [-0.2, 0) is 0 Å². The highest BCUT2D eigenvalue weighted by Gasteiger charge is 2.25. The Hall–Kier alpha value is -1.74. The van der Waals surface area contributed by atoms with Gasteiger partial charge in [0.05, 0.1) is 4.91 Å². The Bertz CT molecular complexity index is 623. The highest BCUT2D eigenvalue weighted by atomic mass is 32.2. The number of hydrogen-bond acceptors (Lipinski definition) is 3. The van der Waals surface area contributed by atoms with E-state index < -0.39 is 0 Å². The van der Waals surface area contributed by atoms with E-state index in [1.165, 1.54) is 11.8 Å². The molecule has 17 heavy (non-hydrogen) atoms. The molecule has 0 unspecified atom stereocenters. The number of thioether (sulfide) groups is 1. The first-order valence-electron chi connectivity index (χ1n) is 5.34. The third-order valence-corrected chi connectivity index (χ3v) is 3.71. The summed E-state index contributed by atoms with van der Waals surface area (Å²) >= 11 is 1.50. The molecular formula is C14H10O2S. The Balaban J connectivity index is 1.99. The predicted octanol–water partition coefficient (Wildman–Crippen LogP) is 3.92. The number of ketones is 1. The summed E-state index contributed by atoms with van der Waals surface area (Å²) in [7, 11) is 0.